The molecule has 2 aromatic heterocycles. The molecule has 4 heteroatoms. The first-order valence-electron chi connectivity index (χ1n) is 7.14. The standard InChI is InChI=1S/C17H17N3O/c1-3-4-13-5-7-14(8-6-13)16-17(19-21)20-10-9-12(2)11-15(20)18-16/h5-11H,3-4H2,1-2H3. The van der Waals surface area contributed by atoms with Crippen molar-refractivity contribution in [2.45, 2.75) is 26.7 Å². The van der Waals surface area contributed by atoms with Crippen LogP contribution in [0.2, 0.25) is 0 Å². The van der Waals surface area contributed by atoms with Crippen molar-refractivity contribution in [3.05, 3.63) is 58.6 Å². The average molecular weight is 279 g/mol. The first-order chi connectivity index (χ1) is 10.2. The summed E-state index contributed by atoms with van der Waals surface area (Å²) in [5.74, 6) is 0.355. The largest absolute Gasteiger partial charge is 0.281 e. The van der Waals surface area contributed by atoms with E-state index in [1.165, 1.54) is 5.56 Å². The van der Waals surface area contributed by atoms with Gasteiger partial charge >= 0.3 is 0 Å². The van der Waals surface area contributed by atoms with Gasteiger partial charge < -0.3 is 0 Å². The van der Waals surface area contributed by atoms with Gasteiger partial charge in [0.25, 0.3) is 0 Å². The van der Waals surface area contributed by atoms with E-state index in [0.717, 1.165) is 29.6 Å². The summed E-state index contributed by atoms with van der Waals surface area (Å²) < 4.78 is 1.73. The molecule has 0 N–H and O–H groups in total. The zero-order valence-corrected chi connectivity index (χ0v) is 12.2. The Morgan fingerprint density at radius 1 is 1.19 bits per heavy atom. The highest BCUT2D eigenvalue weighted by Crippen LogP contribution is 2.31. The van der Waals surface area contributed by atoms with Crippen molar-refractivity contribution < 1.29 is 0 Å². The molecule has 0 aliphatic heterocycles. The zero-order valence-electron chi connectivity index (χ0n) is 12.2. The van der Waals surface area contributed by atoms with Crippen LogP contribution in [0.4, 0.5) is 5.82 Å². The van der Waals surface area contributed by atoms with Crippen molar-refractivity contribution >= 4 is 11.5 Å². The summed E-state index contributed by atoms with van der Waals surface area (Å²) in [5, 5.41) is 3.17. The first kappa shape index (κ1) is 13.5. The lowest BCUT2D eigenvalue weighted by Crippen LogP contribution is -1.84. The van der Waals surface area contributed by atoms with Crippen LogP contribution in [-0.4, -0.2) is 9.38 Å². The van der Waals surface area contributed by atoms with Crippen LogP contribution in [0.3, 0.4) is 0 Å². The monoisotopic (exact) mass is 279 g/mol. The van der Waals surface area contributed by atoms with E-state index in [-0.39, 0.29) is 0 Å². The number of benzene rings is 1. The Kier molecular flexibility index (Phi) is 3.52. The number of nitroso groups, excluding NO2 is 1. The molecule has 0 bridgehead atoms. The van der Waals surface area contributed by atoms with Crippen LogP contribution in [-0.2, 0) is 6.42 Å². The molecular weight excluding hydrogens is 262 g/mol. The number of aromatic nitrogens is 2. The molecule has 4 nitrogen and oxygen atoms in total. The maximum Gasteiger partial charge on any atom is 0.209 e. The van der Waals surface area contributed by atoms with Gasteiger partial charge in [-0.3, -0.25) is 4.40 Å². The minimum Gasteiger partial charge on any atom is -0.281 e. The maximum absolute atomic E-state index is 11.2. The number of hydrogen-bond acceptors (Lipinski definition) is 3. The number of rotatable bonds is 4. The minimum atomic E-state index is 0.355. The second kappa shape index (κ2) is 5.48. The van der Waals surface area contributed by atoms with Crippen LogP contribution in [0.25, 0.3) is 16.9 Å². The van der Waals surface area contributed by atoms with Gasteiger partial charge in [0, 0.05) is 11.8 Å². The summed E-state index contributed by atoms with van der Waals surface area (Å²) in [6.45, 7) is 4.16. The molecule has 3 rings (SSSR count). The lowest BCUT2D eigenvalue weighted by molar-refractivity contribution is 0.922. The third-order valence-corrected chi connectivity index (χ3v) is 3.61. The second-order valence-electron chi connectivity index (χ2n) is 5.25. The third kappa shape index (κ3) is 2.44. The van der Waals surface area contributed by atoms with E-state index < -0.39 is 0 Å². The van der Waals surface area contributed by atoms with E-state index in [1.807, 2.05) is 37.4 Å². The Bertz CT molecular complexity index is 788. The summed E-state index contributed by atoms with van der Waals surface area (Å²) in [5.41, 5.74) is 4.71. The fraction of sp³-hybridized carbons (Fsp3) is 0.235. The van der Waals surface area contributed by atoms with E-state index in [4.69, 9.17) is 0 Å². The molecule has 0 atom stereocenters. The molecule has 0 aliphatic rings. The Balaban J connectivity index is 2.12. The van der Waals surface area contributed by atoms with Gasteiger partial charge in [-0.25, -0.2) is 4.98 Å². The minimum absolute atomic E-state index is 0.355. The smallest absolute Gasteiger partial charge is 0.209 e. The van der Waals surface area contributed by atoms with Crippen LogP contribution in [0, 0.1) is 11.8 Å². The lowest BCUT2D eigenvalue weighted by atomic mass is 10.1. The van der Waals surface area contributed by atoms with Gasteiger partial charge in [0.05, 0.1) is 0 Å². The molecule has 0 amide bonds. The van der Waals surface area contributed by atoms with Gasteiger partial charge in [0.2, 0.25) is 5.82 Å². The predicted molar refractivity (Wildman–Crippen MR) is 84.8 cm³/mol. The summed E-state index contributed by atoms with van der Waals surface area (Å²) in [6.07, 6.45) is 4.01. The van der Waals surface area contributed by atoms with E-state index in [1.54, 1.807) is 4.40 Å². The number of hydrogen-bond donors (Lipinski definition) is 0. The van der Waals surface area contributed by atoms with Crippen molar-refractivity contribution in [3.8, 4) is 11.3 Å². The molecule has 106 valence electrons. The van der Waals surface area contributed by atoms with Crippen molar-refractivity contribution in [1.82, 2.24) is 9.38 Å². The predicted octanol–water partition coefficient (Wildman–Crippen LogP) is 4.66. The third-order valence-electron chi connectivity index (χ3n) is 3.61. The fourth-order valence-corrected chi connectivity index (χ4v) is 2.53. The molecule has 21 heavy (non-hydrogen) atoms. The molecule has 3 aromatic rings. The van der Waals surface area contributed by atoms with Crippen molar-refractivity contribution in [2.24, 2.45) is 5.18 Å². The highest BCUT2D eigenvalue weighted by molar-refractivity contribution is 5.74. The van der Waals surface area contributed by atoms with Gasteiger partial charge in [0.15, 0.2) is 0 Å². The molecule has 0 saturated heterocycles. The van der Waals surface area contributed by atoms with Gasteiger partial charge in [-0.05, 0) is 41.8 Å². The van der Waals surface area contributed by atoms with Crippen molar-refractivity contribution in [3.63, 3.8) is 0 Å². The summed E-state index contributed by atoms with van der Waals surface area (Å²) in [7, 11) is 0. The molecule has 0 radical (unpaired) electrons. The molecular formula is C17H17N3O. The molecule has 0 fully saturated rings. The fourth-order valence-electron chi connectivity index (χ4n) is 2.53. The Hall–Kier alpha value is -2.49. The van der Waals surface area contributed by atoms with Crippen LogP contribution in [0.1, 0.15) is 24.5 Å². The highest BCUT2D eigenvalue weighted by Gasteiger charge is 2.14. The van der Waals surface area contributed by atoms with Crippen LogP contribution in [0.15, 0.2) is 47.8 Å². The molecule has 0 aliphatic carbocycles. The number of nitrogens with zero attached hydrogens (tertiary/aromatic N) is 3. The van der Waals surface area contributed by atoms with Crippen LogP contribution >= 0.6 is 0 Å². The zero-order chi connectivity index (χ0) is 14.8. The maximum atomic E-state index is 11.2. The molecule has 1 aromatic carbocycles. The number of pyridine rings is 1. The first-order valence-corrected chi connectivity index (χ1v) is 7.14. The molecule has 0 saturated carbocycles. The molecule has 0 unspecified atom stereocenters. The average Bonchev–Trinajstić information content (AvgIpc) is 2.85. The lowest BCUT2D eigenvalue weighted by Gasteiger charge is -2.01. The topological polar surface area (TPSA) is 46.7 Å². The van der Waals surface area contributed by atoms with Crippen LogP contribution in [0.5, 0.6) is 0 Å². The summed E-state index contributed by atoms with van der Waals surface area (Å²) >= 11 is 0. The van der Waals surface area contributed by atoms with Gasteiger partial charge in [-0.1, -0.05) is 37.6 Å². The van der Waals surface area contributed by atoms with E-state index in [2.05, 4.69) is 29.2 Å². The second-order valence-corrected chi connectivity index (χ2v) is 5.25. The Morgan fingerprint density at radius 2 is 1.95 bits per heavy atom. The van der Waals surface area contributed by atoms with E-state index >= 15 is 0 Å². The summed E-state index contributed by atoms with van der Waals surface area (Å²) in [6, 6.07) is 12.1. The van der Waals surface area contributed by atoms with Crippen molar-refractivity contribution in [1.29, 1.82) is 0 Å². The van der Waals surface area contributed by atoms with E-state index in [9.17, 15) is 4.91 Å². The highest BCUT2D eigenvalue weighted by atomic mass is 16.3. The van der Waals surface area contributed by atoms with Gasteiger partial charge in [-0.2, -0.15) is 0 Å². The van der Waals surface area contributed by atoms with Gasteiger partial charge in [-0.15, -0.1) is 4.91 Å². The Labute approximate surface area is 123 Å². The molecule has 0 spiro atoms. The SMILES string of the molecule is CCCc1ccc(-c2nc3cc(C)ccn3c2N=O)cc1. The Morgan fingerprint density at radius 3 is 2.62 bits per heavy atom. The van der Waals surface area contributed by atoms with Gasteiger partial charge in [0.1, 0.15) is 11.3 Å². The quantitative estimate of drug-likeness (QED) is 0.652. The summed E-state index contributed by atoms with van der Waals surface area (Å²) in [4.78, 5) is 15.8. The van der Waals surface area contributed by atoms with E-state index in [0.29, 0.717) is 11.5 Å². The number of fused-ring (bicyclic) bond motifs is 1. The number of aryl methyl sites for hydroxylation is 2. The normalized spacial score (nSPS) is 11.0. The molecule has 2 heterocycles. The van der Waals surface area contributed by atoms with Crippen LogP contribution < -0.4 is 0 Å². The van der Waals surface area contributed by atoms with Crippen molar-refractivity contribution in [2.75, 3.05) is 0 Å². The number of imidazole rings is 1.